The number of ketones is 1. The molecule has 2 aromatic carbocycles. The normalized spacial score (nSPS) is 10.9. The van der Waals surface area contributed by atoms with Gasteiger partial charge in [-0.1, -0.05) is 32.9 Å². The zero-order valence-corrected chi connectivity index (χ0v) is 16.6. The van der Waals surface area contributed by atoms with Crippen LogP contribution in [0, 0.1) is 5.41 Å². The molecular weight excluding hydrogens is 358 g/mol. The van der Waals surface area contributed by atoms with E-state index in [0.29, 0.717) is 23.6 Å². The fraction of sp³-hybridized carbons (Fsp3) is 0.318. The van der Waals surface area contributed by atoms with Gasteiger partial charge in [0.2, 0.25) is 5.91 Å². The summed E-state index contributed by atoms with van der Waals surface area (Å²) in [6.45, 7) is 7.31. The molecule has 0 heterocycles. The lowest BCUT2D eigenvalue weighted by Gasteiger charge is -2.17. The molecule has 148 valence electrons. The molecule has 2 aromatic rings. The van der Waals surface area contributed by atoms with E-state index in [-0.39, 0.29) is 23.9 Å². The van der Waals surface area contributed by atoms with Crippen molar-refractivity contribution in [2.45, 2.75) is 27.7 Å². The maximum atomic E-state index is 12.3. The molecule has 6 nitrogen and oxygen atoms in total. The van der Waals surface area contributed by atoms with E-state index in [9.17, 15) is 14.4 Å². The quantitative estimate of drug-likeness (QED) is 0.575. The first-order chi connectivity index (χ1) is 13.2. The molecule has 0 atom stereocenters. The topological polar surface area (TPSA) is 81.7 Å². The molecule has 0 saturated carbocycles. The summed E-state index contributed by atoms with van der Waals surface area (Å²) in [5, 5.41) is 2.79. The molecule has 1 amide bonds. The Morgan fingerprint density at radius 2 is 1.61 bits per heavy atom. The van der Waals surface area contributed by atoms with E-state index in [1.165, 1.54) is 0 Å². The van der Waals surface area contributed by atoms with Gasteiger partial charge in [-0.25, -0.2) is 4.79 Å². The second-order valence-corrected chi connectivity index (χ2v) is 7.21. The highest BCUT2D eigenvalue weighted by Crippen LogP contribution is 2.20. The second kappa shape index (κ2) is 9.17. The third kappa shape index (κ3) is 5.67. The fourth-order valence-corrected chi connectivity index (χ4v) is 2.27. The first-order valence-corrected chi connectivity index (χ1v) is 9.06. The van der Waals surface area contributed by atoms with E-state index < -0.39 is 11.4 Å². The van der Waals surface area contributed by atoms with Gasteiger partial charge in [0.1, 0.15) is 11.3 Å². The second-order valence-electron chi connectivity index (χ2n) is 7.21. The van der Waals surface area contributed by atoms with Crippen molar-refractivity contribution in [3.63, 3.8) is 0 Å². The van der Waals surface area contributed by atoms with Gasteiger partial charge in [-0.15, -0.1) is 0 Å². The van der Waals surface area contributed by atoms with Gasteiger partial charge in [0.05, 0.1) is 6.61 Å². The Bertz CT molecular complexity index is 850. The Morgan fingerprint density at radius 1 is 0.964 bits per heavy atom. The number of hydrogen-bond acceptors (Lipinski definition) is 5. The lowest BCUT2D eigenvalue weighted by molar-refractivity contribution is -0.123. The van der Waals surface area contributed by atoms with Gasteiger partial charge in [0.25, 0.3) is 0 Å². The monoisotopic (exact) mass is 383 g/mol. The van der Waals surface area contributed by atoms with Crippen molar-refractivity contribution in [2.75, 3.05) is 18.5 Å². The number of carbonyl (C=O) groups excluding carboxylic acids is 3. The molecule has 0 aliphatic heterocycles. The number of rotatable bonds is 7. The molecule has 0 spiro atoms. The van der Waals surface area contributed by atoms with E-state index >= 15 is 0 Å². The number of Topliss-reactive ketones (excluding diaryl/α,β-unsaturated/α-hetero) is 1. The fourth-order valence-electron chi connectivity index (χ4n) is 2.27. The van der Waals surface area contributed by atoms with Crippen LogP contribution in [0.4, 0.5) is 5.69 Å². The van der Waals surface area contributed by atoms with E-state index in [0.717, 1.165) is 0 Å². The van der Waals surface area contributed by atoms with Crippen LogP contribution in [0.2, 0.25) is 0 Å². The molecule has 0 bridgehead atoms. The number of hydrogen-bond donors (Lipinski definition) is 1. The molecule has 2 rings (SSSR count). The van der Waals surface area contributed by atoms with Crippen LogP contribution < -0.4 is 10.1 Å². The number of carbonyl (C=O) groups is 3. The molecule has 1 N–H and O–H groups in total. The van der Waals surface area contributed by atoms with Crippen LogP contribution in [-0.4, -0.2) is 30.9 Å². The molecule has 0 saturated heterocycles. The summed E-state index contributed by atoms with van der Waals surface area (Å²) in [5.74, 6) is -0.655. The standard InChI is InChI=1S/C22H25NO5/c1-5-27-19-9-7-6-8-17(19)20(25)28-14-18(24)15-10-12-16(13-11-15)23-21(26)22(2,3)4/h6-13H,5,14H2,1-4H3,(H,23,26). The third-order valence-corrected chi connectivity index (χ3v) is 3.89. The van der Waals surface area contributed by atoms with Gasteiger partial charge in [0.15, 0.2) is 12.4 Å². The summed E-state index contributed by atoms with van der Waals surface area (Å²) >= 11 is 0. The van der Waals surface area contributed by atoms with Crippen molar-refractivity contribution in [3.8, 4) is 5.75 Å². The predicted molar refractivity (Wildman–Crippen MR) is 107 cm³/mol. The van der Waals surface area contributed by atoms with Crippen molar-refractivity contribution >= 4 is 23.3 Å². The van der Waals surface area contributed by atoms with Crippen LogP contribution in [-0.2, 0) is 9.53 Å². The number of para-hydroxylation sites is 1. The Hall–Kier alpha value is -3.15. The van der Waals surface area contributed by atoms with Gasteiger partial charge < -0.3 is 14.8 Å². The average Bonchev–Trinajstić information content (AvgIpc) is 2.66. The SMILES string of the molecule is CCOc1ccccc1C(=O)OCC(=O)c1ccc(NC(=O)C(C)(C)C)cc1. The summed E-state index contributed by atoms with van der Waals surface area (Å²) in [7, 11) is 0. The molecule has 0 aromatic heterocycles. The van der Waals surface area contributed by atoms with Crippen LogP contribution in [0.1, 0.15) is 48.4 Å². The summed E-state index contributed by atoms with van der Waals surface area (Å²) in [5.41, 5.74) is 0.747. The number of nitrogens with one attached hydrogen (secondary N) is 1. The van der Waals surface area contributed by atoms with Crippen molar-refractivity contribution < 1.29 is 23.9 Å². The summed E-state index contributed by atoms with van der Waals surface area (Å²) in [6, 6.07) is 13.2. The van der Waals surface area contributed by atoms with Crippen LogP contribution in [0.15, 0.2) is 48.5 Å². The minimum atomic E-state index is -0.619. The highest BCUT2D eigenvalue weighted by Gasteiger charge is 2.21. The number of benzene rings is 2. The first-order valence-electron chi connectivity index (χ1n) is 9.06. The average molecular weight is 383 g/mol. The first kappa shape index (κ1) is 21.2. The lowest BCUT2D eigenvalue weighted by Crippen LogP contribution is -2.27. The van der Waals surface area contributed by atoms with Gasteiger partial charge in [0, 0.05) is 16.7 Å². The van der Waals surface area contributed by atoms with E-state index in [2.05, 4.69) is 5.32 Å². The van der Waals surface area contributed by atoms with Gasteiger partial charge in [-0.2, -0.15) is 0 Å². The predicted octanol–water partition coefficient (Wildman–Crippen LogP) is 4.11. The minimum Gasteiger partial charge on any atom is -0.493 e. The highest BCUT2D eigenvalue weighted by molar-refractivity contribution is 6.00. The Balaban J connectivity index is 1.96. The summed E-state index contributed by atoms with van der Waals surface area (Å²) < 4.78 is 10.5. The van der Waals surface area contributed by atoms with Gasteiger partial charge in [-0.3, -0.25) is 9.59 Å². The largest absolute Gasteiger partial charge is 0.493 e. The van der Waals surface area contributed by atoms with Gasteiger partial charge in [-0.05, 0) is 43.3 Å². The minimum absolute atomic E-state index is 0.117. The molecule has 0 aliphatic carbocycles. The molecular formula is C22H25NO5. The zero-order chi connectivity index (χ0) is 20.7. The molecule has 0 fully saturated rings. The Kier molecular flexibility index (Phi) is 6.93. The van der Waals surface area contributed by atoms with Crippen molar-refractivity contribution in [3.05, 3.63) is 59.7 Å². The number of ether oxygens (including phenoxy) is 2. The van der Waals surface area contributed by atoms with Gasteiger partial charge >= 0.3 is 5.97 Å². The zero-order valence-electron chi connectivity index (χ0n) is 16.6. The lowest BCUT2D eigenvalue weighted by atomic mass is 9.95. The summed E-state index contributed by atoms with van der Waals surface area (Å²) in [4.78, 5) is 36.5. The number of anilines is 1. The van der Waals surface area contributed by atoms with E-state index in [1.807, 2.05) is 27.7 Å². The maximum Gasteiger partial charge on any atom is 0.342 e. The Morgan fingerprint density at radius 3 is 2.21 bits per heavy atom. The molecule has 0 radical (unpaired) electrons. The van der Waals surface area contributed by atoms with Crippen molar-refractivity contribution in [1.82, 2.24) is 0 Å². The molecule has 6 heteroatoms. The van der Waals surface area contributed by atoms with E-state index in [1.54, 1.807) is 48.5 Å². The van der Waals surface area contributed by atoms with Crippen LogP contribution in [0.5, 0.6) is 5.75 Å². The van der Waals surface area contributed by atoms with E-state index in [4.69, 9.17) is 9.47 Å². The van der Waals surface area contributed by atoms with Crippen molar-refractivity contribution in [2.24, 2.45) is 5.41 Å². The molecule has 0 aliphatic rings. The molecule has 0 unspecified atom stereocenters. The Labute approximate surface area is 164 Å². The van der Waals surface area contributed by atoms with Crippen LogP contribution in [0.25, 0.3) is 0 Å². The smallest absolute Gasteiger partial charge is 0.342 e. The highest BCUT2D eigenvalue weighted by atomic mass is 16.5. The molecule has 28 heavy (non-hydrogen) atoms. The maximum absolute atomic E-state index is 12.3. The third-order valence-electron chi connectivity index (χ3n) is 3.89. The summed E-state index contributed by atoms with van der Waals surface area (Å²) in [6.07, 6.45) is 0. The van der Waals surface area contributed by atoms with Crippen molar-refractivity contribution in [1.29, 1.82) is 0 Å². The van der Waals surface area contributed by atoms with Crippen LogP contribution >= 0.6 is 0 Å². The number of esters is 1. The number of amides is 1. The van der Waals surface area contributed by atoms with Crippen LogP contribution in [0.3, 0.4) is 0 Å².